The van der Waals surface area contributed by atoms with Crippen molar-refractivity contribution in [3.8, 4) is 11.5 Å². The van der Waals surface area contributed by atoms with Crippen molar-refractivity contribution in [1.29, 1.82) is 0 Å². The van der Waals surface area contributed by atoms with E-state index in [2.05, 4.69) is 5.32 Å². The molecule has 2 atom stereocenters. The van der Waals surface area contributed by atoms with Gasteiger partial charge in [-0.15, -0.1) is 0 Å². The Balaban J connectivity index is 1.66. The molecule has 2 aliphatic rings. The molecule has 130 valence electrons. The molecule has 0 unspecified atom stereocenters. The van der Waals surface area contributed by atoms with Crippen LogP contribution in [0.4, 0.5) is 0 Å². The van der Waals surface area contributed by atoms with Gasteiger partial charge in [-0.25, -0.2) is 0 Å². The van der Waals surface area contributed by atoms with E-state index in [1.165, 1.54) is 0 Å². The van der Waals surface area contributed by atoms with Crippen LogP contribution in [-0.4, -0.2) is 50.1 Å². The second-order valence-corrected chi connectivity index (χ2v) is 6.52. The number of fused-ring (bicyclic) bond motifs is 1. The van der Waals surface area contributed by atoms with Crippen molar-refractivity contribution in [2.45, 2.75) is 31.7 Å². The number of methoxy groups -OCH3 is 2. The lowest BCUT2D eigenvalue weighted by Gasteiger charge is -2.17. The maximum Gasteiger partial charge on any atom is 0.227 e. The molecule has 2 fully saturated rings. The topological polar surface area (TPSA) is 67.9 Å². The predicted molar refractivity (Wildman–Crippen MR) is 89.1 cm³/mol. The Morgan fingerprint density at radius 1 is 1.21 bits per heavy atom. The largest absolute Gasteiger partial charge is 0.497 e. The van der Waals surface area contributed by atoms with Gasteiger partial charge in [0.25, 0.3) is 0 Å². The molecule has 2 saturated heterocycles. The summed E-state index contributed by atoms with van der Waals surface area (Å²) in [5, 5.41) is 3.05. The first kappa shape index (κ1) is 16.6. The van der Waals surface area contributed by atoms with Crippen molar-refractivity contribution in [2.75, 3.05) is 27.3 Å². The number of benzene rings is 1. The number of amides is 2. The van der Waals surface area contributed by atoms with Gasteiger partial charge in [-0.1, -0.05) is 0 Å². The number of ether oxygens (including phenoxy) is 2. The van der Waals surface area contributed by atoms with Gasteiger partial charge in [0.1, 0.15) is 11.5 Å². The average Bonchev–Trinajstić information content (AvgIpc) is 2.89. The Morgan fingerprint density at radius 2 is 1.92 bits per heavy atom. The van der Waals surface area contributed by atoms with Crippen LogP contribution in [0.2, 0.25) is 0 Å². The van der Waals surface area contributed by atoms with E-state index in [0.29, 0.717) is 36.8 Å². The van der Waals surface area contributed by atoms with Crippen molar-refractivity contribution in [3.63, 3.8) is 0 Å². The molecule has 1 N–H and O–H groups in total. The van der Waals surface area contributed by atoms with Crippen molar-refractivity contribution < 1.29 is 19.1 Å². The molecule has 6 heteroatoms. The van der Waals surface area contributed by atoms with E-state index in [0.717, 1.165) is 24.9 Å². The van der Waals surface area contributed by atoms with Crippen molar-refractivity contribution in [3.05, 3.63) is 23.8 Å². The minimum atomic E-state index is 0.0765. The number of rotatable bonds is 4. The van der Waals surface area contributed by atoms with Crippen LogP contribution in [0.3, 0.4) is 0 Å². The second-order valence-electron chi connectivity index (χ2n) is 6.52. The van der Waals surface area contributed by atoms with E-state index in [1.807, 2.05) is 17.0 Å². The summed E-state index contributed by atoms with van der Waals surface area (Å²) in [4.78, 5) is 26.2. The molecule has 24 heavy (non-hydrogen) atoms. The normalized spacial score (nSPS) is 23.2. The molecule has 1 aromatic carbocycles. The highest BCUT2D eigenvalue weighted by Gasteiger charge is 2.37. The molecule has 2 amide bonds. The van der Waals surface area contributed by atoms with Crippen molar-refractivity contribution in [2.24, 2.45) is 5.92 Å². The van der Waals surface area contributed by atoms with Crippen molar-refractivity contribution >= 4 is 11.8 Å². The number of carbonyl (C=O) groups is 2. The lowest BCUT2D eigenvalue weighted by Crippen LogP contribution is -2.39. The summed E-state index contributed by atoms with van der Waals surface area (Å²) < 4.78 is 10.5. The van der Waals surface area contributed by atoms with Crippen molar-refractivity contribution in [1.82, 2.24) is 10.2 Å². The maximum atomic E-state index is 12.7. The molecular weight excluding hydrogens is 308 g/mol. The van der Waals surface area contributed by atoms with Gasteiger partial charge < -0.3 is 19.7 Å². The van der Waals surface area contributed by atoms with Gasteiger partial charge in [0.05, 0.1) is 26.7 Å². The molecule has 0 aromatic heterocycles. The number of nitrogens with one attached hydrogen (secondary N) is 1. The van der Waals surface area contributed by atoms with E-state index in [1.54, 1.807) is 20.3 Å². The van der Waals surface area contributed by atoms with Gasteiger partial charge >= 0.3 is 0 Å². The number of hydrogen-bond donors (Lipinski definition) is 1. The van der Waals surface area contributed by atoms with Gasteiger partial charge in [0.15, 0.2) is 0 Å². The number of carbonyl (C=O) groups excluding carboxylic acids is 2. The lowest BCUT2D eigenvalue weighted by molar-refractivity contribution is -0.130. The average molecular weight is 332 g/mol. The highest BCUT2D eigenvalue weighted by molar-refractivity contribution is 5.80. The van der Waals surface area contributed by atoms with Crippen LogP contribution >= 0.6 is 0 Å². The third kappa shape index (κ3) is 3.63. The molecule has 0 saturated carbocycles. The Hall–Kier alpha value is -2.24. The number of nitrogens with zero attached hydrogens (tertiary/aromatic N) is 1. The van der Waals surface area contributed by atoms with E-state index in [-0.39, 0.29) is 17.9 Å². The second kappa shape index (κ2) is 7.11. The summed E-state index contributed by atoms with van der Waals surface area (Å²) in [6.45, 7) is 1.33. The molecule has 1 aromatic rings. The fraction of sp³-hybridized carbons (Fsp3) is 0.556. The quantitative estimate of drug-likeness (QED) is 0.904. The van der Waals surface area contributed by atoms with Crippen LogP contribution in [0.15, 0.2) is 18.2 Å². The number of hydrogen-bond acceptors (Lipinski definition) is 4. The first-order chi connectivity index (χ1) is 11.6. The third-order valence-electron chi connectivity index (χ3n) is 4.89. The summed E-state index contributed by atoms with van der Waals surface area (Å²) in [6.07, 6.45) is 2.81. The monoisotopic (exact) mass is 332 g/mol. The van der Waals surface area contributed by atoms with Gasteiger partial charge in [-0.05, 0) is 36.5 Å². The summed E-state index contributed by atoms with van der Waals surface area (Å²) in [6, 6.07) is 5.60. The molecule has 2 aliphatic heterocycles. The first-order valence-electron chi connectivity index (χ1n) is 8.38. The van der Waals surface area contributed by atoms with Gasteiger partial charge in [-0.3, -0.25) is 9.59 Å². The Kier molecular flexibility index (Phi) is 4.92. The van der Waals surface area contributed by atoms with E-state index >= 15 is 0 Å². The third-order valence-corrected chi connectivity index (χ3v) is 4.89. The minimum Gasteiger partial charge on any atom is -0.497 e. The maximum absolute atomic E-state index is 12.7. The summed E-state index contributed by atoms with van der Waals surface area (Å²) in [7, 11) is 3.19. The molecule has 0 spiro atoms. The molecule has 0 radical (unpaired) electrons. The van der Waals surface area contributed by atoms with Crippen LogP contribution in [0.5, 0.6) is 11.5 Å². The minimum absolute atomic E-state index is 0.0765. The highest BCUT2D eigenvalue weighted by atomic mass is 16.5. The predicted octanol–water partition coefficient (Wildman–Crippen LogP) is 1.37. The number of likely N-dealkylation sites (tertiary alicyclic amines) is 1. The SMILES string of the molecule is COc1cc(CC(=O)N2C[C@H]3CCCC(=O)N[C@H]3C2)cc(OC)c1. The lowest BCUT2D eigenvalue weighted by atomic mass is 9.99. The van der Waals surface area contributed by atoms with Gasteiger partial charge in [-0.2, -0.15) is 0 Å². The van der Waals surface area contributed by atoms with Crippen LogP contribution in [0.25, 0.3) is 0 Å². The Bertz CT molecular complexity index is 609. The van der Waals surface area contributed by atoms with Crippen LogP contribution < -0.4 is 14.8 Å². The van der Waals surface area contributed by atoms with Gasteiger partial charge in [0, 0.05) is 25.6 Å². The van der Waals surface area contributed by atoms with E-state index in [9.17, 15) is 9.59 Å². The summed E-state index contributed by atoms with van der Waals surface area (Å²) in [5.41, 5.74) is 0.868. The summed E-state index contributed by atoms with van der Waals surface area (Å²) in [5.74, 6) is 1.91. The molecule has 6 nitrogen and oxygen atoms in total. The van der Waals surface area contributed by atoms with Gasteiger partial charge in [0.2, 0.25) is 11.8 Å². The highest BCUT2D eigenvalue weighted by Crippen LogP contribution is 2.27. The first-order valence-corrected chi connectivity index (χ1v) is 8.38. The van der Waals surface area contributed by atoms with Crippen LogP contribution in [-0.2, 0) is 16.0 Å². The summed E-state index contributed by atoms with van der Waals surface area (Å²) >= 11 is 0. The zero-order chi connectivity index (χ0) is 17.1. The van der Waals surface area contributed by atoms with E-state index < -0.39 is 0 Å². The zero-order valence-corrected chi connectivity index (χ0v) is 14.2. The smallest absolute Gasteiger partial charge is 0.227 e. The Morgan fingerprint density at radius 3 is 2.58 bits per heavy atom. The molecule has 3 rings (SSSR count). The standard InChI is InChI=1S/C18H24N2O4/c1-23-14-6-12(7-15(9-14)24-2)8-18(22)20-10-13-4-3-5-17(21)19-16(13)11-20/h6-7,9,13,16H,3-5,8,10-11H2,1-2H3,(H,19,21)/t13-,16+/m1/s1. The molecule has 0 bridgehead atoms. The molecule has 2 heterocycles. The molecule has 0 aliphatic carbocycles. The zero-order valence-electron chi connectivity index (χ0n) is 14.2. The Labute approximate surface area is 142 Å². The van der Waals surface area contributed by atoms with Crippen LogP contribution in [0.1, 0.15) is 24.8 Å². The fourth-order valence-corrected chi connectivity index (χ4v) is 3.59. The molecular formula is C18H24N2O4. The van der Waals surface area contributed by atoms with Crippen LogP contribution in [0, 0.1) is 5.92 Å². The fourth-order valence-electron chi connectivity index (χ4n) is 3.59. The van der Waals surface area contributed by atoms with E-state index in [4.69, 9.17) is 9.47 Å².